The predicted molar refractivity (Wildman–Crippen MR) is 60.9 cm³/mol. The van der Waals surface area contributed by atoms with Crippen LogP contribution in [0.2, 0.25) is 0 Å². The van der Waals surface area contributed by atoms with Crippen LogP contribution in [0.3, 0.4) is 0 Å². The summed E-state index contributed by atoms with van der Waals surface area (Å²) in [4.78, 5) is 22.4. The Balaban J connectivity index is 2.74. The molecule has 4 heteroatoms. The van der Waals surface area contributed by atoms with E-state index in [9.17, 15) is 9.59 Å². The average molecular weight is 221 g/mol. The molecule has 0 aromatic heterocycles. The van der Waals surface area contributed by atoms with Crippen molar-refractivity contribution in [2.24, 2.45) is 0 Å². The maximum absolute atomic E-state index is 11.6. The highest BCUT2D eigenvalue weighted by atomic mass is 16.4. The van der Waals surface area contributed by atoms with Crippen LogP contribution in [0, 0.1) is 0 Å². The van der Waals surface area contributed by atoms with E-state index in [1.54, 1.807) is 12.2 Å². The Morgan fingerprint density at radius 3 is 3.00 bits per heavy atom. The van der Waals surface area contributed by atoms with Gasteiger partial charge in [-0.25, -0.2) is 4.79 Å². The van der Waals surface area contributed by atoms with Gasteiger partial charge >= 0.3 is 5.97 Å². The van der Waals surface area contributed by atoms with Crippen molar-refractivity contribution in [2.75, 3.05) is 6.54 Å². The van der Waals surface area contributed by atoms with Gasteiger partial charge in [-0.2, -0.15) is 0 Å². The molecular weight excluding hydrogens is 206 g/mol. The number of hydrogen-bond donors (Lipinski definition) is 2. The third kappa shape index (κ3) is 3.08. The first-order valence-electron chi connectivity index (χ1n) is 5.24. The molecule has 1 aliphatic rings. The van der Waals surface area contributed by atoms with Gasteiger partial charge in [-0.1, -0.05) is 31.6 Å². The first kappa shape index (κ1) is 12.2. The standard InChI is InChI=1S/C12H15NO3/c1-2-3-4-5-6-9-7-13-8-10(11(9)14)12(15)16/h4-6,8,13H,2-3,7H2,1H3,(H,15,16)/b5-4-,9-6+. The van der Waals surface area contributed by atoms with Gasteiger partial charge < -0.3 is 10.4 Å². The number of ketones is 1. The second-order valence-corrected chi connectivity index (χ2v) is 3.48. The second-order valence-electron chi connectivity index (χ2n) is 3.48. The van der Waals surface area contributed by atoms with Crippen LogP contribution >= 0.6 is 0 Å². The van der Waals surface area contributed by atoms with Crippen LogP contribution in [0.5, 0.6) is 0 Å². The highest BCUT2D eigenvalue weighted by molar-refractivity contribution is 6.24. The van der Waals surface area contributed by atoms with Crippen LogP contribution in [-0.4, -0.2) is 23.4 Å². The lowest BCUT2D eigenvalue weighted by Gasteiger charge is -2.12. The summed E-state index contributed by atoms with van der Waals surface area (Å²) in [7, 11) is 0. The highest BCUT2D eigenvalue weighted by Crippen LogP contribution is 2.10. The summed E-state index contributed by atoms with van der Waals surface area (Å²) in [6.07, 6.45) is 8.67. The number of allylic oxidation sites excluding steroid dienone is 3. The number of aliphatic carboxylic acids is 1. The largest absolute Gasteiger partial charge is 0.477 e. The number of hydrogen-bond acceptors (Lipinski definition) is 3. The third-order valence-corrected chi connectivity index (χ3v) is 2.19. The van der Waals surface area contributed by atoms with E-state index >= 15 is 0 Å². The van der Waals surface area contributed by atoms with Crippen molar-refractivity contribution in [3.8, 4) is 0 Å². The van der Waals surface area contributed by atoms with Crippen LogP contribution < -0.4 is 5.32 Å². The van der Waals surface area contributed by atoms with Crippen LogP contribution in [0.1, 0.15) is 19.8 Å². The van der Waals surface area contributed by atoms with E-state index in [4.69, 9.17) is 5.11 Å². The number of rotatable bonds is 4. The van der Waals surface area contributed by atoms with Crippen LogP contribution in [0.15, 0.2) is 35.6 Å². The first-order valence-corrected chi connectivity index (χ1v) is 5.24. The van der Waals surface area contributed by atoms with Crippen molar-refractivity contribution in [1.82, 2.24) is 5.32 Å². The zero-order chi connectivity index (χ0) is 12.0. The van der Waals surface area contributed by atoms with Crippen molar-refractivity contribution < 1.29 is 14.7 Å². The molecule has 1 rings (SSSR count). The molecule has 1 aliphatic heterocycles. The molecule has 0 fully saturated rings. The molecule has 0 bridgehead atoms. The van der Waals surface area contributed by atoms with E-state index in [1.165, 1.54) is 6.20 Å². The van der Waals surface area contributed by atoms with Crippen LogP contribution in [-0.2, 0) is 9.59 Å². The summed E-state index contributed by atoms with van der Waals surface area (Å²) >= 11 is 0. The number of carbonyl (C=O) groups excluding carboxylic acids is 1. The van der Waals surface area contributed by atoms with Gasteiger partial charge in [0, 0.05) is 18.3 Å². The summed E-state index contributed by atoms with van der Waals surface area (Å²) in [6, 6.07) is 0. The third-order valence-electron chi connectivity index (χ3n) is 2.19. The van der Waals surface area contributed by atoms with E-state index in [0.717, 1.165) is 12.8 Å². The molecule has 0 spiro atoms. The quantitative estimate of drug-likeness (QED) is 0.556. The average Bonchev–Trinajstić information content (AvgIpc) is 2.26. The van der Waals surface area contributed by atoms with Crippen molar-refractivity contribution in [2.45, 2.75) is 19.8 Å². The Morgan fingerprint density at radius 2 is 2.38 bits per heavy atom. The first-order chi connectivity index (χ1) is 7.66. The summed E-state index contributed by atoms with van der Waals surface area (Å²) in [5.74, 6) is -1.60. The fourth-order valence-corrected chi connectivity index (χ4v) is 1.32. The summed E-state index contributed by atoms with van der Waals surface area (Å²) in [5, 5.41) is 11.5. The Bertz CT molecular complexity index is 378. The normalized spacial score (nSPS) is 18.7. The zero-order valence-electron chi connectivity index (χ0n) is 9.19. The molecule has 0 radical (unpaired) electrons. The van der Waals surface area contributed by atoms with E-state index < -0.39 is 11.8 Å². The van der Waals surface area contributed by atoms with Gasteiger partial charge in [-0.15, -0.1) is 0 Å². The molecular formula is C12H15NO3. The molecule has 16 heavy (non-hydrogen) atoms. The Labute approximate surface area is 94.3 Å². The number of unbranched alkanes of at least 4 members (excludes halogenated alkanes) is 1. The fourth-order valence-electron chi connectivity index (χ4n) is 1.32. The fraction of sp³-hybridized carbons (Fsp3) is 0.333. The van der Waals surface area contributed by atoms with Gasteiger partial charge in [0.2, 0.25) is 0 Å². The molecule has 0 saturated heterocycles. The minimum absolute atomic E-state index is 0.207. The molecule has 0 aromatic carbocycles. The van der Waals surface area contributed by atoms with Gasteiger partial charge in [-0.05, 0) is 6.42 Å². The van der Waals surface area contributed by atoms with Crippen LogP contribution in [0.25, 0.3) is 0 Å². The molecule has 0 aromatic rings. The zero-order valence-corrected chi connectivity index (χ0v) is 9.19. The van der Waals surface area contributed by atoms with Gasteiger partial charge in [0.25, 0.3) is 0 Å². The smallest absolute Gasteiger partial charge is 0.341 e. The van der Waals surface area contributed by atoms with Gasteiger partial charge in [-0.3, -0.25) is 4.79 Å². The maximum atomic E-state index is 11.6. The number of Topliss-reactive ketones (excluding diaryl/α,β-unsaturated/α-hetero) is 1. The molecule has 2 N–H and O–H groups in total. The van der Waals surface area contributed by atoms with Gasteiger partial charge in [0.1, 0.15) is 5.57 Å². The number of carboxylic acids is 1. The van der Waals surface area contributed by atoms with E-state index in [1.807, 2.05) is 6.08 Å². The van der Waals surface area contributed by atoms with E-state index in [-0.39, 0.29) is 5.57 Å². The molecule has 0 aliphatic carbocycles. The summed E-state index contributed by atoms with van der Waals surface area (Å²) < 4.78 is 0. The second kappa shape index (κ2) is 5.90. The SMILES string of the molecule is CCC/C=C\C=C1/CNC=C(C(=O)O)C1=O. The Morgan fingerprint density at radius 1 is 1.62 bits per heavy atom. The van der Waals surface area contributed by atoms with Crippen molar-refractivity contribution in [3.63, 3.8) is 0 Å². The van der Waals surface area contributed by atoms with Gasteiger partial charge in [0.15, 0.2) is 5.78 Å². The molecule has 0 saturated carbocycles. The van der Waals surface area contributed by atoms with Crippen molar-refractivity contribution >= 4 is 11.8 Å². The lowest BCUT2D eigenvalue weighted by atomic mass is 10.0. The van der Waals surface area contributed by atoms with E-state index in [0.29, 0.717) is 12.1 Å². The molecule has 0 unspecified atom stereocenters. The minimum atomic E-state index is -1.19. The lowest BCUT2D eigenvalue weighted by Crippen LogP contribution is -2.28. The number of carbonyl (C=O) groups is 2. The lowest BCUT2D eigenvalue weighted by molar-refractivity contribution is -0.134. The number of carboxylic acid groups (broad SMARTS) is 1. The monoisotopic (exact) mass is 221 g/mol. The van der Waals surface area contributed by atoms with Crippen molar-refractivity contribution in [3.05, 3.63) is 35.6 Å². The molecule has 0 amide bonds. The number of nitrogens with one attached hydrogen (secondary N) is 1. The Hall–Kier alpha value is -1.84. The molecule has 0 atom stereocenters. The molecule has 1 heterocycles. The topological polar surface area (TPSA) is 66.4 Å². The van der Waals surface area contributed by atoms with Gasteiger partial charge in [0.05, 0.1) is 0 Å². The summed E-state index contributed by atoms with van der Waals surface area (Å²) in [6.45, 7) is 2.45. The predicted octanol–water partition coefficient (Wildman–Crippen LogP) is 1.41. The molecule has 4 nitrogen and oxygen atoms in total. The van der Waals surface area contributed by atoms with Crippen LogP contribution in [0.4, 0.5) is 0 Å². The Kier molecular flexibility index (Phi) is 4.51. The highest BCUT2D eigenvalue weighted by Gasteiger charge is 2.23. The molecule has 86 valence electrons. The van der Waals surface area contributed by atoms with E-state index in [2.05, 4.69) is 12.2 Å². The van der Waals surface area contributed by atoms with Crippen molar-refractivity contribution in [1.29, 1.82) is 0 Å². The maximum Gasteiger partial charge on any atom is 0.341 e. The minimum Gasteiger partial charge on any atom is -0.477 e. The summed E-state index contributed by atoms with van der Waals surface area (Å²) in [5.41, 5.74) is 0.272.